The molecule has 0 aromatic heterocycles. The van der Waals surface area contributed by atoms with E-state index in [9.17, 15) is 4.79 Å². The number of nitrogens with one attached hydrogen (secondary N) is 1. The smallest absolute Gasteiger partial charge is 0.253 e. The van der Waals surface area contributed by atoms with Crippen LogP contribution < -0.4 is 27.3 Å². The van der Waals surface area contributed by atoms with Gasteiger partial charge in [-0.2, -0.15) is 4.99 Å². The van der Waals surface area contributed by atoms with E-state index in [4.69, 9.17) is 21.9 Å². The lowest BCUT2D eigenvalue weighted by molar-refractivity contribution is 0.0947. The number of nitrogens with zero attached hydrogens (tertiary/aromatic N) is 2. The number of amides is 1. The summed E-state index contributed by atoms with van der Waals surface area (Å²) in [4.78, 5) is 20.1. The Morgan fingerprint density at radius 2 is 1.81 bits per heavy atom. The number of nitrogens with two attached hydrogens (primary N) is 3. The van der Waals surface area contributed by atoms with Crippen molar-refractivity contribution in [1.29, 1.82) is 0 Å². The zero-order chi connectivity index (χ0) is 19.8. The van der Waals surface area contributed by atoms with E-state index in [0.717, 1.165) is 11.3 Å². The third-order valence-electron chi connectivity index (χ3n) is 3.76. The van der Waals surface area contributed by atoms with Crippen LogP contribution in [0.2, 0.25) is 0 Å². The first kappa shape index (κ1) is 19.8. The molecule has 0 saturated heterocycles. The summed E-state index contributed by atoms with van der Waals surface area (Å²) >= 11 is 0. The summed E-state index contributed by atoms with van der Waals surface area (Å²) in [5, 5.41) is 2.79. The molecule has 2 aromatic carbocycles. The highest BCUT2D eigenvalue weighted by molar-refractivity contribution is 6.01. The fourth-order valence-corrected chi connectivity index (χ4v) is 2.28. The average Bonchev–Trinajstić information content (AvgIpc) is 2.61. The summed E-state index contributed by atoms with van der Waals surface area (Å²) in [5.41, 5.74) is 19.2. The Labute approximate surface area is 158 Å². The van der Waals surface area contributed by atoms with Crippen molar-refractivity contribution >= 4 is 23.5 Å². The largest absolute Gasteiger partial charge is 0.492 e. The molecule has 0 aliphatic rings. The Bertz CT molecular complexity index is 872. The molecule has 0 unspecified atom stereocenters. The lowest BCUT2D eigenvalue weighted by Gasteiger charge is -2.10. The Balaban J connectivity index is 1.96. The van der Waals surface area contributed by atoms with E-state index in [0.29, 0.717) is 24.4 Å². The van der Waals surface area contributed by atoms with Gasteiger partial charge in [0.15, 0.2) is 5.96 Å². The SMILES string of the molecule is Cc1ccc(OCCNC(=O)c2ccccc2N=C(N)N=C(N)N)cc1C. The number of guanidine groups is 2. The molecule has 8 heteroatoms. The van der Waals surface area contributed by atoms with E-state index < -0.39 is 0 Å². The number of hydrogen-bond acceptors (Lipinski definition) is 3. The van der Waals surface area contributed by atoms with Crippen LogP contribution in [0.25, 0.3) is 0 Å². The second-order valence-electron chi connectivity index (χ2n) is 5.87. The number of rotatable bonds is 6. The number of aryl methyl sites for hydroxylation is 2. The van der Waals surface area contributed by atoms with E-state index in [1.165, 1.54) is 5.56 Å². The molecular weight excluding hydrogens is 344 g/mol. The molecule has 2 aromatic rings. The predicted molar refractivity (Wildman–Crippen MR) is 107 cm³/mol. The number of ether oxygens (including phenoxy) is 1. The third-order valence-corrected chi connectivity index (χ3v) is 3.76. The Morgan fingerprint density at radius 1 is 1.07 bits per heavy atom. The zero-order valence-electron chi connectivity index (χ0n) is 15.4. The lowest BCUT2D eigenvalue weighted by Crippen LogP contribution is -2.28. The molecule has 2 rings (SSSR count). The van der Waals surface area contributed by atoms with Gasteiger partial charge in [0.25, 0.3) is 5.91 Å². The van der Waals surface area contributed by atoms with Gasteiger partial charge >= 0.3 is 0 Å². The van der Waals surface area contributed by atoms with Gasteiger partial charge in [0.1, 0.15) is 12.4 Å². The molecule has 0 radical (unpaired) electrons. The van der Waals surface area contributed by atoms with Gasteiger partial charge in [-0.3, -0.25) is 4.79 Å². The molecule has 0 heterocycles. The highest BCUT2D eigenvalue weighted by Gasteiger charge is 2.10. The summed E-state index contributed by atoms with van der Waals surface area (Å²) in [6.45, 7) is 4.75. The maximum absolute atomic E-state index is 12.4. The molecule has 142 valence electrons. The summed E-state index contributed by atoms with van der Waals surface area (Å²) in [7, 11) is 0. The second-order valence-corrected chi connectivity index (χ2v) is 5.87. The Morgan fingerprint density at radius 3 is 2.52 bits per heavy atom. The van der Waals surface area contributed by atoms with Crippen molar-refractivity contribution in [2.75, 3.05) is 13.2 Å². The van der Waals surface area contributed by atoms with Crippen LogP contribution >= 0.6 is 0 Å². The van der Waals surface area contributed by atoms with Crippen LogP contribution in [-0.2, 0) is 0 Å². The number of para-hydroxylation sites is 1. The van der Waals surface area contributed by atoms with Crippen LogP contribution in [0.3, 0.4) is 0 Å². The standard InChI is InChI=1S/C19H24N6O2/c1-12-7-8-14(11-13(12)2)27-10-9-23-17(26)15-5-3-4-6-16(15)24-19(22)25-18(20)21/h3-8,11H,9-10H2,1-2H3,(H,23,26)(H6,20,21,22,24,25). The van der Waals surface area contributed by atoms with Gasteiger partial charge in [-0.05, 0) is 49.2 Å². The topological polar surface area (TPSA) is 141 Å². The minimum Gasteiger partial charge on any atom is -0.492 e. The van der Waals surface area contributed by atoms with Crippen molar-refractivity contribution in [3.63, 3.8) is 0 Å². The number of carbonyl (C=O) groups is 1. The van der Waals surface area contributed by atoms with Gasteiger partial charge in [-0.1, -0.05) is 18.2 Å². The summed E-state index contributed by atoms with van der Waals surface area (Å²) in [6, 6.07) is 12.6. The van der Waals surface area contributed by atoms with E-state index in [-0.39, 0.29) is 17.8 Å². The summed E-state index contributed by atoms with van der Waals surface area (Å²) in [5.74, 6) is 0.132. The molecule has 0 bridgehead atoms. The van der Waals surface area contributed by atoms with Gasteiger partial charge in [-0.15, -0.1) is 0 Å². The van der Waals surface area contributed by atoms with Crippen LogP contribution in [-0.4, -0.2) is 31.0 Å². The van der Waals surface area contributed by atoms with Crippen molar-refractivity contribution in [3.05, 3.63) is 59.2 Å². The van der Waals surface area contributed by atoms with Gasteiger partial charge < -0.3 is 27.3 Å². The van der Waals surface area contributed by atoms with E-state index >= 15 is 0 Å². The van der Waals surface area contributed by atoms with Crippen molar-refractivity contribution in [2.24, 2.45) is 27.2 Å². The molecule has 0 aliphatic heterocycles. The molecule has 0 atom stereocenters. The molecule has 0 fully saturated rings. The fourth-order valence-electron chi connectivity index (χ4n) is 2.28. The minimum atomic E-state index is -0.296. The zero-order valence-corrected chi connectivity index (χ0v) is 15.4. The highest BCUT2D eigenvalue weighted by atomic mass is 16.5. The summed E-state index contributed by atoms with van der Waals surface area (Å²) < 4.78 is 5.66. The normalized spacial score (nSPS) is 11.0. The van der Waals surface area contributed by atoms with Crippen LogP contribution in [0, 0.1) is 13.8 Å². The molecule has 8 nitrogen and oxygen atoms in total. The fraction of sp³-hybridized carbons (Fsp3) is 0.211. The van der Waals surface area contributed by atoms with Crippen LogP contribution in [0.15, 0.2) is 52.4 Å². The number of aliphatic imine (C=N–C) groups is 2. The Hall–Kier alpha value is -3.55. The van der Waals surface area contributed by atoms with Gasteiger partial charge in [-0.25, -0.2) is 4.99 Å². The third kappa shape index (κ3) is 6.03. The van der Waals surface area contributed by atoms with Crippen LogP contribution in [0.1, 0.15) is 21.5 Å². The maximum Gasteiger partial charge on any atom is 0.253 e. The van der Waals surface area contributed by atoms with Crippen LogP contribution in [0.5, 0.6) is 5.75 Å². The van der Waals surface area contributed by atoms with Gasteiger partial charge in [0.05, 0.1) is 17.8 Å². The van der Waals surface area contributed by atoms with Crippen LogP contribution in [0.4, 0.5) is 5.69 Å². The van der Waals surface area contributed by atoms with E-state index in [1.807, 2.05) is 32.0 Å². The van der Waals surface area contributed by atoms with E-state index in [1.54, 1.807) is 24.3 Å². The highest BCUT2D eigenvalue weighted by Crippen LogP contribution is 2.19. The van der Waals surface area contributed by atoms with E-state index in [2.05, 4.69) is 15.3 Å². The van der Waals surface area contributed by atoms with Crippen molar-refractivity contribution in [3.8, 4) is 5.75 Å². The predicted octanol–water partition coefficient (Wildman–Crippen LogP) is 1.33. The van der Waals surface area contributed by atoms with Gasteiger partial charge in [0, 0.05) is 0 Å². The molecule has 0 aliphatic carbocycles. The first-order valence-corrected chi connectivity index (χ1v) is 8.38. The summed E-state index contributed by atoms with van der Waals surface area (Å²) in [6.07, 6.45) is 0. The van der Waals surface area contributed by atoms with Crippen molar-refractivity contribution in [2.45, 2.75) is 13.8 Å². The lowest BCUT2D eigenvalue weighted by atomic mass is 10.1. The molecule has 27 heavy (non-hydrogen) atoms. The molecule has 1 amide bonds. The van der Waals surface area contributed by atoms with Crippen molar-refractivity contribution < 1.29 is 9.53 Å². The number of carbonyl (C=O) groups excluding carboxylic acids is 1. The first-order chi connectivity index (χ1) is 12.9. The van der Waals surface area contributed by atoms with Gasteiger partial charge in [0.2, 0.25) is 5.96 Å². The molecule has 7 N–H and O–H groups in total. The average molecular weight is 368 g/mol. The van der Waals surface area contributed by atoms with Crippen molar-refractivity contribution in [1.82, 2.24) is 5.32 Å². The molecular formula is C19H24N6O2. The first-order valence-electron chi connectivity index (χ1n) is 8.38. The quantitative estimate of drug-likeness (QED) is 0.346. The number of hydrogen-bond donors (Lipinski definition) is 4. The Kier molecular flexibility index (Phi) is 6.76. The molecule has 0 spiro atoms. The second kappa shape index (κ2) is 9.23. The number of benzene rings is 2. The maximum atomic E-state index is 12.4. The molecule has 0 saturated carbocycles. The monoisotopic (exact) mass is 368 g/mol. The minimum absolute atomic E-state index is 0.131.